The van der Waals surface area contributed by atoms with Crippen LogP contribution in [0.15, 0.2) is 48.5 Å². The number of nitrogens with zero attached hydrogens (tertiary/aromatic N) is 1. The van der Waals surface area contributed by atoms with Crippen molar-refractivity contribution >= 4 is 28.9 Å². The number of nitrogens with one attached hydrogen (secondary N) is 1. The lowest BCUT2D eigenvalue weighted by Gasteiger charge is -2.11. The van der Waals surface area contributed by atoms with Crippen LogP contribution in [-0.4, -0.2) is 17.4 Å². The number of carbonyl (C=O) groups excluding carboxylic acids is 1. The molecule has 0 aliphatic carbocycles. The predicted octanol–water partition coefficient (Wildman–Crippen LogP) is 2.51. The highest BCUT2D eigenvalue weighted by atomic mass is 35.5. The molecule has 0 fully saturated rings. The summed E-state index contributed by atoms with van der Waals surface area (Å²) in [7, 11) is 0. The van der Waals surface area contributed by atoms with Crippen molar-refractivity contribution in [3.8, 4) is 0 Å². The van der Waals surface area contributed by atoms with Crippen LogP contribution in [0.1, 0.15) is 18.5 Å². The minimum Gasteiger partial charge on any atom is -0.333 e. The van der Waals surface area contributed by atoms with Crippen molar-refractivity contribution < 1.29 is 15.0 Å². The fourth-order valence-corrected chi connectivity index (χ4v) is 2.31. The summed E-state index contributed by atoms with van der Waals surface area (Å²) in [5, 5.41) is 15.7. The molecule has 0 bridgehead atoms. The number of quaternary nitrogens is 1. The van der Waals surface area contributed by atoms with Crippen molar-refractivity contribution in [2.45, 2.75) is 13.0 Å². The zero-order valence-electron chi connectivity index (χ0n) is 12.5. The molecule has 0 heterocycles. The van der Waals surface area contributed by atoms with Crippen LogP contribution in [0.3, 0.4) is 0 Å². The molecule has 2 rings (SSSR count). The Morgan fingerprint density at radius 3 is 2.65 bits per heavy atom. The van der Waals surface area contributed by atoms with E-state index in [1.807, 2.05) is 42.6 Å². The van der Waals surface area contributed by atoms with Crippen molar-refractivity contribution in [1.82, 2.24) is 0 Å². The van der Waals surface area contributed by atoms with Gasteiger partial charge in [-0.1, -0.05) is 41.9 Å². The van der Waals surface area contributed by atoms with Gasteiger partial charge in [-0.2, -0.15) is 0 Å². The van der Waals surface area contributed by atoms with E-state index in [0.717, 1.165) is 5.56 Å². The molecule has 2 aromatic carbocycles. The van der Waals surface area contributed by atoms with Crippen LogP contribution in [0.2, 0.25) is 5.02 Å². The molecule has 0 aromatic heterocycles. The average molecular weight is 335 g/mol. The van der Waals surface area contributed by atoms with E-state index in [1.54, 1.807) is 0 Å². The van der Waals surface area contributed by atoms with E-state index in [0.29, 0.717) is 0 Å². The molecule has 3 N–H and O–H groups in total. The number of benzene rings is 2. The standard InChI is InChI=1S/C16H16ClN3O3/c1-11(12-5-3-2-4-6-12)18-10-16(21)19-14-8-7-13(17)9-15(14)20(22)23/h2-9,11,18H,10H2,1H3,(H,19,21)/p+1/t11-/m0/s1. The number of hydrogen-bond acceptors (Lipinski definition) is 3. The SMILES string of the molecule is C[C@H]([NH2+]CC(=O)Nc1ccc(Cl)cc1[N+](=O)[O-])c1ccccc1. The molecule has 0 radical (unpaired) electrons. The van der Waals surface area contributed by atoms with Crippen LogP contribution in [0, 0.1) is 10.1 Å². The molecular formula is C16H17ClN3O3+. The number of halogens is 1. The second-order valence-electron chi connectivity index (χ2n) is 5.11. The van der Waals surface area contributed by atoms with Gasteiger partial charge in [0.15, 0.2) is 6.54 Å². The minimum absolute atomic E-state index is 0.113. The third-order valence-electron chi connectivity index (χ3n) is 3.41. The molecule has 1 atom stereocenters. The number of hydrogen-bond donors (Lipinski definition) is 2. The summed E-state index contributed by atoms with van der Waals surface area (Å²) in [5.74, 6) is -0.307. The summed E-state index contributed by atoms with van der Waals surface area (Å²) < 4.78 is 0. The normalized spacial score (nSPS) is 11.7. The Labute approximate surface area is 138 Å². The predicted molar refractivity (Wildman–Crippen MR) is 88.4 cm³/mol. The lowest BCUT2D eigenvalue weighted by Crippen LogP contribution is -2.86. The number of amides is 1. The summed E-state index contributed by atoms with van der Waals surface area (Å²) >= 11 is 5.74. The first kappa shape index (κ1) is 16.9. The number of nitrogens with two attached hydrogens (primary N) is 1. The van der Waals surface area contributed by atoms with E-state index in [4.69, 9.17) is 11.6 Å². The molecule has 0 aliphatic heterocycles. The van der Waals surface area contributed by atoms with Crippen LogP contribution in [0.5, 0.6) is 0 Å². The zero-order valence-corrected chi connectivity index (χ0v) is 13.3. The van der Waals surface area contributed by atoms with Crippen molar-refractivity contribution in [1.29, 1.82) is 0 Å². The fourth-order valence-electron chi connectivity index (χ4n) is 2.14. The van der Waals surface area contributed by atoms with Gasteiger partial charge in [0.05, 0.1) is 4.92 Å². The second-order valence-corrected chi connectivity index (χ2v) is 5.54. The maximum atomic E-state index is 12.0. The van der Waals surface area contributed by atoms with Gasteiger partial charge in [-0.05, 0) is 19.1 Å². The van der Waals surface area contributed by atoms with Crippen molar-refractivity contribution in [3.05, 3.63) is 69.2 Å². The Kier molecular flexibility index (Phi) is 5.67. The number of carbonyl (C=O) groups is 1. The number of nitro groups is 1. The number of nitro benzene ring substituents is 1. The monoisotopic (exact) mass is 334 g/mol. The highest BCUT2D eigenvalue weighted by molar-refractivity contribution is 6.31. The van der Waals surface area contributed by atoms with Crippen LogP contribution in [0.25, 0.3) is 0 Å². The number of rotatable bonds is 6. The Morgan fingerprint density at radius 2 is 2.00 bits per heavy atom. The molecule has 0 saturated carbocycles. The van der Waals surface area contributed by atoms with Gasteiger partial charge in [0, 0.05) is 16.7 Å². The lowest BCUT2D eigenvalue weighted by molar-refractivity contribution is -0.682. The molecule has 0 spiro atoms. The van der Waals surface area contributed by atoms with Gasteiger partial charge in [-0.3, -0.25) is 14.9 Å². The van der Waals surface area contributed by atoms with Crippen molar-refractivity contribution in [2.24, 2.45) is 0 Å². The Morgan fingerprint density at radius 1 is 1.30 bits per heavy atom. The first-order chi connectivity index (χ1) is 11.0. The van der Waals surface area contributed by atoms with E-state index in [1.165, 1.54) is 18.2 Å². The molecule has 1 amide bonds. The van der Waals surface area contributed by atoms with Gasteiger partial charge in [-0.25, -0.2) is 0 Å². The largest absolute Gasteiger partial charge is 0.333 e. The topological polar surface area (TPSA) is 88.8 Å². The van der Waals surface area contributed by atoms with Gasteiger partial charge in [-0.15, -0.1) is 0 Å². The zero-order chi connectivity index (χ0) is 16.8. The van der Waals surface area contributed by atoms with E-state index >= 15 is 0 Å². The Hall–Kier alpha value is -2.44. The summed E-state index contributed by atoms with van der Waals surface area (Å²) in [4.78, 5) is 22.4. The summed E-state index contributed by atoms with van der Waals surface area (Å²) in [6.07, 6.45) is 0. The molecule has 0 unspecified atom stereocenters. The fraction of sp³-hybridized carbons (Fsp3) is 0.188. The molecule has 0 aliphatic rings. The van der Waals surface area contributed by atoms with Crippen molar-refractivity contribution in [3.63, 3.8) is 0 Å². The lowest BCUT2D eigenvalue weighted by atomic mass is 10.1. The summed E-state index contributed by atoms with van der Waals surface area (Å²) in [6, 6.07) is 14.1. The molecule has 120 valence electrons. The Balaban J connectivity index is 1.96. The molecular weight excluding hydrogens is 318 g/mol. The van der Waals surface area contributed by atoms with Crippen molar-refractivity contribution in [2.75, 3.05) is 11.9 Å². The third kappa shape index (κ3) is 4.77. The Bertz CT molecular complexity index is 707. The van der Waals surface area contributed by atoms with Gasteiger partial charge in [0.2, 0.25) is 0 Å². The molecule has 7 heteroatoms. The maximum Gasteiger partial charge on any atom is 0.294 e. The first-order valence-electron chi connectivity index (χ1n) is 7.09. The highest BCUT2D eigenvalue weighted by Crippen LogP contribution is 2.27. The van der Waals surface area contributed by atoms with Crippen LogP contribution in [-0.2, 0) is 4.79 Å². The highest BCUT2D eigenvalue weighted by Gasteiger charge is 2.18. The van der Waals surface area contributed by atoms with Gasteiger partial charge in [0.25, 0.3) is 11.6 Å². The molecule has 0 saturated heterocycles. The molecule has 6 nitrogen and oxygen atoms in total. The minimum atomic E-state index is -0.572. The van der Waals surface area contributed by atoms with Gasteiger partial charge >= 0.3 is 0 Å². The van der Waals surface area contributed by atoms with E-state index < -0.39 is 4.92 Å². The van der Waals surface area contributed by atoms with Crippen LogP contribution in [0.4, 0.5) is 11.4 Å². The van der Waals surface area contributed by atoms with Gasteiger partial charge in [0.1, 0.15) is 11.7 Å². The van der Waals surface area contributed by atoms with E-state index in [-0.39, 0.29) is 34.9 Å². The second kappa shape index (κ2) is 7.71. The quantitative estimate of drug-likeness (QED) is 0.628. The molecule has 23 heavy (non-hydrogen) atoms. The van der Waals surface area contributed by atoms with Gasteiger partial charge < -0.3 is 10.6 Å². The summed E-state index contributed by atoms with van der Waals surface area (Å²) in [6.45, 7) is 2.16. The smallest absolute Gasteiger partial charge is 0.294 e. The number of anilines is 1. The van der Waals surface area contributed by atoms with Crippen LogP contribution >= 0.6 is 11.6 Å². The maximum absolute atomic E-state index is 12.0. The van der Waals surface area contributed by atoms with Crippen LogP contribution < -0.4 is 10.6 Å². The molecule has 2 aromatic rings. The van der Waals surface area contributed by atoms with E-state index in [9.17, 15) is 14.9 Å². The average Bonchev–Trinajstić information content (AvgIpc) is 2.55. The first-order valence-corrected chi connectivity index (χ1v) is 7.47. The van der Waals surface area contributed by atoms with E-state index in [2.05, 4.69) is 5.32 Å². The third-order valence-corrected chi connectivity index (χ3v) is 3.65. The summed E-state index contributed by atoms with van der Waals surface area (Å²) in [5.41, 5.74) is 1.03.